The molecule has 1 N–H and O–H groups in total. The summed E-state index contributed by atoms with van der Waals surface area (Å²) in [6.45, 7) is 6.86. The fourth-order valence-electron chi connectivity index (χ4n) is 3.66. The summed E-state index contributed by atoms with van der Waals surface area (Å²) in [5.74, 6) is 0.733. The Bertz CT molecular complexity index is 589. The van der Waals surface area contributed by atoms with Gasteiger partial charge in [0.2, 0.25) is 0 Å². The number of aryl methyl sites for hydroxylation is 2. The first-order chi connectivity index (χ1) is 9.24. The average molecular weight is 256 g/mol. The van der Waals surface area contributed by atoms with Gasteiger partial charge < -0.3 is 9.88 Å². The van der Waals surface area contributed by atoms with Gasteiger partial charge in [-0.3, -0.25) is 0 Å². The minimum Gasteiger partial charge on any atom is -0.347 e. The molecule has 1 fully saturated rings. The third kappa shape index (κ3) is 1.99. The highest BCUT2D eigenvalue weighted by molar-refractivity contribution is 5.88. The second kappa shape index (κ2) is 5.01. The molecule has 2 heteroatoms. The second-order valence-corrected chi connectivity index (χ2v) is 5.75. The molecule has 102 valence electrons. The lowest BCUT2D eigenvalue weighted by molar-refractivity contribution is 0.460. The van der Waals surface area contributed by atoms with E-state index < -0.39 is 0 Å². The summed E-state index contributed by atoms with van der Waals surface area (Å²) >= 11 is 0. The molecule has 0 unspecified atom stereocenters. The van der Waals surface area contributed by atoms with Crippen LogP contribution in [0.2, 0.25) is 0 Å². The molecule has 2 aromatic rings. The van der Waals surface area contributed by atoms with Crippen molar-refractivity contribution in [2.24, 2.45) is 7.05 Å². The molecule has 0 bridgehead atoms. The van der Waals surface area contributed by atoms with Crippen molar-refractivity contribution < 1.29 is 0 Å². The Morgan fingerprint density at radius 3 is 2.68 bits per heavy atom. The lowest BCUT2D eigenvalue weighted by Crippen LogP contribution is -2.26. The van der Waals surface area contributed by atoms with Gasteiger partial charge in [0.15, 0.2) is 0 Å². The molecule has 0 spiro atoms. The van der Waals surface area contributed by atoms with Crippen LogP contribution in [0.25, 0.3) is 10.9 Å². The Hall–Kier alpha value is -1.28. The molecule has 0 amide bonds. The lowest BCUT2D eigenvalue weighted by Gasteiger charge is -2.23. The van der Waals surface area contributed by atoms with E-state index in [-0.39, 0.29) is 0 Å². The summed E-state index contributed by atoms with van der Waals surface area (Å²) in [6, 6.07) is 6.82. The van der Waals surface area contributed by atoms with Crippen molar-refractivity contribution in [3.8, 4) is 0 Å². The number of hydrogen-bond donors (Lipinski definition) is 1. The Labute approximate surface area is 115 Å². The fourth-order valence-corrected chi connectivity index (χ4v) is 3.66. The summed E-state index contributed by atoms with van der Waals surface area (Å²) in [5.41, 5.74) is 6.00. The molecule has 1 saturated heterocycles. The number of nitrogens with one attached hydrogen (secondary N) is 1. The number of aromatic nitrogens is 1. The van der Waals surface area contributed by atoms with E-state index in [1.165, 1.54) is 35.0 Å². The van der Waals surface area contributed by atoms with E-state index in [2.05, 4.69) is 49.0 Å². The molecular formula is C17H24N2. The van der Waals surface area contributed by atoms with E-state index in [4.69, 9.17) is 0 Å². The van der Waals surface area contributed by atoms with Crippen LogP contribution < -0.4 is 5.32 Å². The number of benzene rings is 1. The van der Waals surface area contributed by atoms with E-state index in [1.807, 2.05) is 0 Å². The lowest BCUT2D eigenvalue weighted by atomic mass is 9.88. The minimum atomic E-state index is 0.733. The highest BCUT2D eigenvalue weighted by Gasteiger charge is 2.23. The highest BCUT2D eigenvalue weighted by Crippen LogP contribution is 2.36. The quantitative estimate of drug-likeness (QED) is 0.870. The first kappa shape index (κ1) is 12.7. The topological polar surface area (TPSA) is 17.0 Å². The van der Waals surface area contributed by atoms with Gasteiger partial charge in [-0.1, -0.05) is 25.1 Å². The van der Waals surface area contributed by atoms with Gasteiger partial charge in [-0.15, -0.1) is 0 Å². The summed E-state index contributed by atoms with van der Waals surface area (Å²) in [7, 11) is 2.22. The molecular weight excluding hydrogens is 232 g/mol. The van der Waals surface area contributed by atoms with Crippen LogP contribution in [0.3, 0.4) is 0 Å². The van der Waals surface area contributed by atoms with E-state index in [9.17, 15) is 0 Å². The van der Waals surface area contributed by atoms with Gasteiger partial charge in [0.25, 0.3) is 0 Å². The van der Waals surface area contributed by atoms with Crippen molar-refractivity contribution in [3.63, 3.8) is 0 Å². The Balaban J connectivity index is 2.21. The van der Waals surface area contributed by atoms with Crippen LogP contribution in [-0.2, 0) is 13.5 Å². The summed E-state index contributed by atoms with van der Waals surface area (Å²) in [5, 5.41) is 4.97. The van der Waals surface area contributed by atoms with Crippen LogP contribution in [0.1, 0.15) is 42.5 Å². The van der Waals surface area contributed by atoms with Crippen LogP contribution in [0.15, 0.2) is 18.2 Å². The van der Waals surface area contributed by atoms with Gasteiger partial charge in [0.1, 0.15) is 0 Å². The summed E-state index contributed by atoms with van der Waals surface area (Å²) < 4.78 is 2.41. The molecule has 0 atom stereocenters. The normalized spacial score (nSPS) is 17.2. The molecule has 2 heterocycles. The molecule has 3 rings (SSSR count). The predicted octanol–water partition coefficient (Wildman–Crippen LogP) is 3.52. The predicted molar refractivity (Wildman–Crippen MR) is 81.9 cm³/mol. The maximum absolute atomic E-state index is 3.47. The summed E-state index contributed by atoms with van der Waals surface area (Å²) in [6.07, 6.45) is 3.66. The van der Waals surface area contributed by atoms with Crippen molar-refractivity contribution in [1.82, 2.24) is 9.88 Å². The number of para-hydroxylation sites is 1. The molecule has 0 saturated carbocycles. The van der Waals surface area contributed by atoms with Crippen LogP contribution in [0.4, 0.5) is 0 Å². The fraction of sp³-hybridized carbons (Fsp3) is 0.529. The molecule has 1 aliphatic rings. The standard InChI is InChI=1S/C17H24N2/c1-4-13-6-5-7-15-16(12(2)19(3)17(13)15)14-8-10-18-11-9-14/h5-7,14,18H,4,8-11H2,1-3H3. The smallest absolute Gasteiger partial charge is 0.0515 e. The van der Waals surface area contributed by atoms with E-state index in [1.54, 1.807) is 5.56 Å². The van der Waals surface area contributed by atoms with Crippen molar-refractivity contribution >= 4 is 10.9 Å². The van der Waals surface area contributed by atoms with Crippen molar-refractivity contribution in [3.05, 3.63) is 35.0 Å². The van der Waals surface area contributed by atoms with E-state index in [0.29, 0.717) is 0 Å². The SMILES string of the molecule is CCc1cccc2c(C3CCNCC3)c(C)n(C)c12. The molecule has 1 aromatic heterocycles. The number of piperidine rings is 1. The van der Waals surface area contributed by atoms with Crippen LogP contribution in [-0.4, -0.2) is 17.7 Å². The number of nitrogens with zero attached hydrogens (tertiary/aromatic N) is 1. The second-order valence-electron chi connectivity index (χ2n) is 5.75. The molecule has 0 aliphatic carbocycles. The van der Waals surface area contributed by atoms with Gasteiger partial charge >= 0.3 is 0 Å². The zero-order valence-electron chi connectivity index (χ0n) is 12.3. The molecule has 19 heavy (non-hydrogen) atoms. The van der Waals surface area contributed by atoms with E-state index in [0.717, 1.165) is 25.4 Å². The minimum absolute atomic E-state index is 0.733. The van der Waals surface area contributed by atoms with Gasteiger partial charge in [-0.05, 0) is 56.3 Å². The highest BCUT2D eigenvalue weighted by atomic mass is 15.0. The van der Waals surface area contributed by atoms with Gasteiger partial charge in [0.05, 0.1) is 5.52 Å². The van der Waals surface area contributed by atoms with Gasteiger partial charge in [0, 0.05) is 18.1 Å². The molecule has 0 radical (unpaired) electrons. The van der Waals surface area contributed by atoms with Crippen molar-refractivity contribution in [2.75, 3.05) is 13.1 Å². The Morgan fingerprint density at radius 1 is 1.26 bits per heavy atom. The van der Waals surface area contributed by atoms with Crippen molar-refractivity contribution in [2.45, 2.75) is 39.0 Å². The van der Waals surface area contributed by atoms with Crippen LogP contribution in [0, 0.1) is 6.92 Å². The van der Waals surface area contributed by atoms with Crippen molar-refractivity contribution in [1.29, 1.82) is 0 Å². The first-order valence-electron chi connectivity index (χ1n) is 7.51. The molecule has 1 aromatic carbocycles. The number of hydrogen-bond acceptors (Lipinski definition) is 1. The third-order valence-electron chi connectivity index (χ3n) is 4.77. The maximum Gasteiger partial charge on any atom is 0.0515 e. The summed E-state index contributed by atoms with van der Waals surface area (Å²) in [4.78, 5) is 0. The first-order valence-corrected chi connectivity index (χ1v) is 7.51. The number of fused-ring (bicyclic) bond motifs is 1. The zero-order chi connectivity index (χ0) is 13.4. The molecule has 2 nitrogen and oxygen atoms in total. The van der Waals surface area contributed by atoms with Gasteiger partial charge in [-0.2, -0.15) is 0 Å². The number of rotatable bonds is 2. The van der Waals surface area contributed by atoms with E-state index >= 15 is 0 Å². The largest absolute Gasteiger partial charge is 0.347 e. The molecule has 1 aliphatic heterocycles. The Morgan fingerprint density at radius 2 is 2.00 bits per heavy atom. The zero-order valence-corrected chi connectivity index (χ0v) is 12.3. The van der Waals surface area contributed by atoms with Crippen LogP contribution in [0.5, 0.6) is 0 Å². The average Bonchev–Trinajstić information content (AvgIpc) is 2.72. The monoisotopic (exact) mass is 256 g/mol. The Kier molecular flexibility index (Phi) is 3.36. The van der Waals surface area contributed by atoms with Gasteiger partial charge in [-0.25, -0.2) is 0 Å². The van der Waals surface area contributed by atoms with Crippen LogP contribution >= 0.6 is 0 Å². The maximum atomic E-state index is 3.47. The third-order valence-corrected chi connectivity index (χ3v) is 4.77.